The molecule has 54 heavy (non-hydrogen) atoms. The van der Waals surface area contributed by atoms with Gasteiger partial charge in [-0.2, -0.15) is 25.8 Å². The van der Waals surface area contributed by atoms with E-state index in [-0.39, 0.29) is 33.8 Å². The second kappa shape index (κ2) is 14.2. The second-order valence-corrected chi connectivity index (χ2v) is 12.5. The van der Waals surface area contributed by atoms with Crippen LogP contribution in [0.3, 0.4) is 0 Å². The summed E-state index contributed by atoms with van der Waals surface area (Å²) in [4.78, 5) is 29.6. The van der Waals surface area contributed by atoms with Gasteiger partial charge in [0, 0.05) is 22.3 Å². The summed E-state index contributed by atoms with van der Waals surface area (Å²) in [7, 11) is 0. The number of carbonyl (C=O) groups is 2. The first kappa shape index (κ1) is 33.5. The molecule has 0 N–H and O–H groups in total. The van der Waals surface area contributed by atoms with Crippen LogP contribution in [0, 0.1) is 22.7 Å². The van der Waals surface area contributed by atoms with Crippen molar-refractivity contribution in [3.8, 4) is 51.7 Å². The summed E-state index contributed by atoms with van der Waals surface area (Å²) in [5.41, 5.74) is 3.12. The third kappa shape index (κ3) is 5.95. The van der Waals surface area contributed by atoms with Gasteiger partial charge in [0.2, 0.25) is 11.6 Å². The van der Waals surface area contributed by atoms with Gasteiger partial charge >= 0.3 is 0 Å². The number of hydrogen-bond acceptors (Lipinski definition) is 7. The molecule has 5 aromatic carbocycles. The van der Waals surface area contributed by atoms with Gasteiger partial charge in [0.05, 0.1) is 34.0 Å². The number of carbonyl (C=O) groups excluding carboxylic acids is 2. The van der Waals surface area contributed by atoms with Crippen molar-refractivity contribution in [3.63, 3.8) is 0 Å². The van der Waals surface area contributed by atoms with Gasteiger partial charge in [-0.05, 0) is 48.5 Å². The Labute approximate surface area is 314 Å². The first-order chi connectivity index (χ1) is 26.5. The zero-order chi connectivity index (χ0) is 37.2. The molecule has 0 spiro atoms. The Hall–Kier alpha value is -7.66. The molecule has 0 aliphatic rings. The summed E-state index contributed by atoms with van der Waals surface area (Å²) in [5.74, 6) is -1.48. The fraction of sp³-hybridized carbons (Fsp3) is 0. The van der Waals surface area contributed by atoms with E-state index in [1.165, 1.54) is 10.9 Å². The number of ketones is 2. The van der Waals surface area contributed by atoms with Crippen molar-refractivity contribution < 1.29 is 9.59 Å². The lowest BCUT2D eigenvalue weighted by atomic mass is 9.98. The quantitative estimate of drug-likeness (QED) is 0.137. The van der Waals surface area contributed by atoms with Gasteiger partial charge in [-0.1, -0.05) is 109 Å². The van der Waals surface area contributed by atoms with E-state index in [1.807, 2.05) is 121 Å². The predicted molar refractivity (Wildman–Crippen MR) is 203 cm³/mol. The summed E-state index contributed by atoms with van der Waals surface area (Å²) >= 11 is 6.18. The fourth-order valence-corrected chi connectivity index (χ4v) is 6.40. The first-order valence-corrected chi connectivity index (χ1v) is 17.1. The minimum absolute atomic E-state index is 0.00642. The van der Waals surface area contributed by atoms with Crippen LogP contribution < -0.4 is 0 Å². The van der Waals surface area contributed by atoms with Crippen LogP contribution in [-0.4, -0.2) is 40.9 Å². The highest BCUT2D eigenvalue weighted by Crippen LogP contribution is 2.33. The average molecular weight is 721 g/mol. The van der Waals surface area contributed by atoms with Gasteiger partial charge in [0.15, 0.2) is 11.4 Å². The lowest BCUT2D eigenvalue weighted by Gasteiger charge is -2.07. The number of para-hydroxylation sites is 2. The SMILES string of the molecule is N#Cc1c(C(=O)c2cn(-c3ccc(Cl)cc3)nc2C(=O)c2nn(-c3ccccc3)c(-c3ccccc3)c2C#N)nn(-c2ccccc2)c1-c1ccccc1. The fourth-order valence-electron chi connectivity index (χ4n) is 6.28. The summed E-state index contributed by atoms with van der Waals surface area (Å²) in [6, 6.07) is 47.7. The van der Waals surface area contributed by atoms with Crippen LogP contribution in [0.2, 0.25) is 5.02 Å². The molecule has 0 saturated heterocycles. The number of aromatic nitrogens is 6. The van der Waals surface area contributed by atoms with Gasteiger partial charge in [0.1, 0.15) is 29.0 Å². The van der Waals surface area contributed by atoms with Crippen LogP contribution in [-0.2, 0) is 0 Å². The molecule has 0 fully saturated rings. The molecular weight excluding hydrogens is 696 g/mol. The third-order valence-corrected chi connectivity index (χ3v) is 9.04. The highest BCUT2D eigenvalue weighted by atomic mass is 35.5. The molecule has 11 heteroatoms. The maximum absolute atomic E-state index is 14.8. The van der Waals surface area contributed by atoms with Gasteiger partial charge in [-0.25, -0.2) is 14.0 Å². The molecule has 8 aromatic rings. The molecule has 0 unspecified atom stereocenters. The maximum atomic E-state index is 14.8. The molecular formula is C43H25ClN8O2. The number of nitrogens with zero attached hydrogens (tertiary/aromatic N) is 8. The van der Waals surface area contributed by atoms with Crippen LogP contribution in [0.4, 0.5) is 0 Å². The van der Waals surface area contributed by atoms with E-state index in [2.05, 4.69) is 17.2 Å². The van der Waals surface area contributed by atoms with Gasteiger partial charge in [0.25, 0.3) is 0 Å². The molecule has 0 radical (unpaired) electrons. The van der Waals surface area contributed by atoms with Crippen LogP contribution in [0.1, 0.15) is 43.4 Å². The average Bonchev–Trinajstić information content (AvgIpc) is 3.96. The van der Waals surface area contributed by atoms with E-state index >= 15 is 0 Å². The number of hydrogen-bond donors (Lipinski definition) is 0. The number of benzene rings is 5. The monoisotopic (exact) mass is 720 g/mol. The topological polar surface area (TPSA) is 135 Å². The van der Waals surface area contributed by atoms with E-state index in [0.29, 0.717) is 44.6 Å². The van der Waals surface area contributed by atoms with E-state index in [1.54, 1.807) is 33.6 Å². The van der Waals surface area contributed by atoms with Gasteiger partial charge < -0.3 is 0 Å². The molecule has 3 heterocycles. The van der Waals surface area contributed by atoms with Crippen molar-refractivity contribution >= 4 is 23.2 Å². The molecule has 0 bridgehead atoms. The minimum Gasteiger partial charge on any atom is -0.287 e. The van der Waals surface area contributed by atoms with Crippen LogP contribution in [0.5, 0.6) is 0 Å². The second-order valence-electron chi connectivity index (χ2n) is 12.1. The van der Waals surface area contributed by atoms with E-state index in [0.717, 1.165) is 0 Å². The van der Waals surface area contributed by atoms with Crippen LogP contribution in [0.15, 0.2) is 152 Å². The predicted octanol–water partition coefficient (Wildman–Crippen LogP) is 8.44. The van der Waals surface area contributed by atoms with Crippen molar-refractivity contribution in [2.24, 2.45) is 0 Å². The van der Waals surface area contributed by atoms with Gasteiger partial charge in [-0.3, -0.25) is 9.59 Å². The minimum atomic E-state index is -0.765. The number of nitriles is 2. The Morgan fingerprint density at radius 3 is 1.37 bits per heavy atom. The summed E-state index contributed by atoms with van der Waals surface area (Å²) in [6.07, 6.45) is 1.42. The third-order valence-electron chi connectivity index (χ3n) is 8.79. The van der Waals surface area contributed by atoms with Crippen molar-refractivity contribution in [3.05, 3.63) is 191 Å². The zero-order valence-electron chi connectivity index (χ0n) is 28.2. The van der Waals surface area contributed by atoms with Crippen molar-refractivity contribution in [1.29, 1.82) is 10.5 Å². The number of halogens is 1. The van der Waals surface area contributed by atoms with Crippen molar-refractivity contribution in [1.82, 2.24) is 29.3 Å². The van der Waals surface area contributed by atoms with Crippen molar-refractivity contribution in [2.45, 2.75) is 0 Å². The molecule has 0 aliphatic carbocycles. The molecule has 256 valence electrons. The smallest absolute Gasteiger partial charge is 0.235 e. The Kier molecular flexibility index (Phi) is 8.78. The van der Waals surface area contributed by atoms with E-state index in [4.69, 9.17) is 21.8 Å². The zero-order valence-corrected chi connectivity index (χ0v) is 29.0. The molecule has 8 rings (SSSR count). The van der Waals surface area contributed by atoms with E-state index < -0.39 is 11.6 Å². The molecule has 0 atom stereocenters. The van der Waals surface area contributed by atoms with Crippen LogP contribution >= 0.6 is 11.6 Å². The Morgan fingerprint density at radius 2 is 0.926 bits per heavy atom. The normalized spacial score (nSPS) is 10.8. The molecule has 0 saturated carbocycles. The summed E-state index contributed by atoms with van der Waals surface area (Å²) in [6.45, 7) is 0. The van der Waals surface area contributed by atoms with Gasteiger partial charge in [-0.15, -0.1) is 0 Å². The summed E-state index contributed by atoms with van der Waals surface area (Å²) in [5, 5.41) is 35.7. The molecule has 10 nitrogen and oxygen atoms in total. The number of rotatable bonds is 9. The molecule has 0 amide bonds. The Morgan fingerprint density at radius 1 is 0.500 bits per heavy atom. The Bertz CT molecular complexity index is 2590. The Balaban J connectivity index is 1.35. The molecule has 3 aromatic heterocycles. The highest BCUT2D eigenvalue weighted by Gasteiger charge is 2.34. The molecule has 0 aliphatic heterocycles. The van der Waals surface area contributed by atoms with Crippen LogP contribution in [0.25, 0.3) is 39.6 Å². The highest BCUT2D eigenvalue weighted by molar-refractivity contribution is 6.30. The lowest BCUT2D eigenvalue weighted by Crippen LogP contribution is -2.13. The largest absolute Gasteiger partial charge is 0.287 e. The standard InChI is InChI=1S/C43H25ClN8O2/c44-30-21-23-31(24-22-30)50-27-36(42(53)37-34(25-45)40(28-13-5-1-6-14-28)51(48-37)32-17-9-3-10-18-32)39(47-50)43(54)38-35(26-46)41(29-15-7-2-8-16-29)52(49-38)33-19-11-4-12-20-33/h1-24,27H. The van der Waals surface area contributed by atoms with Crippen molar-refractivity contribution in [2.75, 3.05) is 0 Å². The maximum Gasteiger partial charge on any atom is 0.235 e. The first-order valence-electron chi connectivity index (χ1n) is 16.7. The lowest BCUT2D eigenvalue weighted by molar-refractivity contribution is 0.0995. The van der Waals surface area contributed by atoms with E-state index in [9.17, 15) is 20.1 Å². The summed E-state index contributed by atoms with van der Waals surface area (Å²) < 4.78 is 4.47.